The topological polar surface area (TPSA) is 41.1 Å². The van der Waals surface area contributed by atoms with E-state index in [9.17, 15) is 9.18 Å². The van der Waals surface area contributed by atoms with Gasteiger partial charge in [0.2, 0.25) is 5.91 Å². The maximum absolute atomic E-state index is 13.1. The minimum atomic E-state index is -0.273. The molecular weight excluding hydrogens is 267 g/mol. The molecule has 0 heterocycles. The quantitative estimate of drug-likeness (QED) is 0.884. The maximum Gasteiger partial charge on any atom is 0.238 e. The van der Waals surface area contributed by atoms with Crippen molar-refractivity contribution in [1.82, 2.24) is 5.32 Å². The minimum absolute atomic E-state index is 0.0936. The molecule has 0 aliphatic carbocycles. The van der Waals surface area contributed by atoms with Crippen LogP contribution in [0.25, 0.3) is 0 Å². The Morgan fingerprint density at radius 3 is 2.67 bits per heavy atom. The summed E-state index contributed by atoms with van der Waals surface area (Å²) in [5.74, 6) is -0.394. The van der Waals surface area contributed by atoms with E-state index in [1.807, 2.05) is 44.2 Å². The van der Waals surface area contributed by atoms with E-state index in [4.69, 9.17) is 0 Å². The van der Waals surface area contributed by atoms with Crippen LogP contribution in [0.15, 0.2) is 48.5 Å². The van der Waals surface area contributed by atoms with Crippen LogP contribution in [0.5, 0.6) is 0 Å². The molecule has 2 aromatic rings. The summed E-state index contributed by atoms with van der Waals surface area (Å²) in [4.78, 5) is 11.9. The zero-order valence-electron chi connectivity index (χ0n) is 12.2. The van der Waals surface area contributed by atoms with Crippen molar-refractivity contribution in [3.05, 3.63) is 65.5 Å². The highest BCUT2D eigenvalue weighted by atomic mass is 19.1. The van der Waals surface area contributed by atoms with Gasteiger partial charge in [0.05, 0.1) is 6.54 Å². The lowest BCUT2D eigenvalue weighted by molar-refractivity contribution is -0.115. The Balaban J connectivity index is 1.86. The van der Waals surface area contributed by atoms with Crippen LogP contribution in [-0.2, 0) is 4.79 Å². The monoisotopic (exact) mass is 286 g/mol. The molecule has 0 saturated heterocycles. The van der Waals surface area contributed by atoms with Crippen molar-refractivity contribution >= 4 is 11.6 Å². The number of nitrogens with one attached hydrogen (secondary N) is 2. The first-order valence-electron chi connectivity index (χ1n) is 6.90. The van der Waals surface area contributed by atoms with Gasteiger partial charge in [0, 0.05) is 11.7 Å². The largest absolute Gasteiger partial charge is 0.325 e. The van der Waals surface area contributed by atoms with Gasteiger partial charge in [-0.15, -0.1) is 0 Å². The SMILES string of the molecule is Cc1cccc(NC(=O)CN[C@H](C)c2cccc(F)c2)c1. The molecule has 0 aromatic heterocycles. The highest BCUT2D eigenvalue weighted by molar-refractivity contribution is 5.92. The second-order valence-electron chi connectivity index (χ2n) is 5.08. The predicted molar refractivity (Wildman–Crippen MR) is 82.6 cm³/mol. The number of anilines is 1. The van der Waals surface area contributed by atoms with Crippen LogP contribution in [0, 0.1) is 12.7 Å². The Morgan fingerprint density at radius 1 is 1.19 bits per heavy atom. The van der Waals surface area contributed by atoms with Gasteiger partial charge in [-0.05, 0) is 49.2 Å². The van der Waals surface area contributed by atoms with E-state index in [-0.39, 0.29) is 24.3 Å². The predicted octanol–water partition coefficient (Wildman–Crippen LogP) is 3.42. The highest BCUT2D eigenvalue weighted by Gasteiger charge is 2.08. The number of hydrogen-bond donors (Lipinski definition) is 2. The number of aryl methyl sites for hydroxylation is 1. The molecule has 4 heteroatoms. The van der Waals surface area contributed by atoms with Gasteiger partial charge >= 0.3 is 0 Å². The van der Waals surface area contributed by atoms with Gasteiger partial charge in [0.1, 0.15) is 5.82 Å². The molecule has 0 fully saturated rings. The average molecular weight is 286 g/mol. The summed E-state index contributed by atoms with van der Waals surface area (Å²) >= 11 is 0. The van der Waals surface area contributed by atoms with Gasteiger partial charge in [-0.1, -0.05) is 24.3 Å². The number of halogens is 1. The molecular formula is C17H19FN2O. The second kappa shape index (κ2) is 6.99. The molecule has 1 atom stereocenters. The smallest absolute Gasteiger partial charge is 0.238 e. The van der Waals surface area contributed by atoms with Crippen LogP contribution < -0.4 is 10.6 Å². The van der Waals surface area contributed by atoms with Gasteiger partial charge in [-0.3, -0.25) is 4.79 Å². The molecule has 3 nitrogen and oxygen atoms in total. The van der Waals surface area contributed by atoms with E-state index in [1.54, 1.807) is 6.07 Å². The summed E-state index contributed by atoms with van der Waals surface area (Å²) in [6.07, 6.45) is 0. The molecule has 0 bridgehead atoms. The third-order valence-electron chi connectivity index (χ3n) is 3.22. The molecule has 2 N–H and O–H groups in total. The number of rotatable bonds is 5. The summed E-state index contributed by atoms with van der Waals surface area (Å²) in [5, 5.41) is 5.91. The van der Waals surface area contributed by atoms with E-state index in [2.05, 4.69) is 10.6 Å². The number of carbonyl (C=O) groups is 1. The van der Waals surface area contributed by atoms with Crippen molar-refractivity contribution in [3.63, 3.8) is 0 Å². The van der Waals surface area contributed by atoms with Crippen molar-refractivity contribution in [3.8, 4) is 0 Å². The Labute approximate surface area is 124 Å². The second-order valence-corrected chi connectivity index (χ2v) is 5.08. The van der Waals surface area contributed by atoms with Crippen LogP contribution in [0.1, 0.15) is 24.1 Å². The van der Waals surface area contributed by atoms with E-state index < -0.39 is 0 Å². The fraction of sp³-hybridized carbons (Fsp3) is 0.235. The van der Waals surface area contributed by atoms with Crippen LogP contribution in [0.4, 0.5) is 10.1 Å². The lowest BCUT2D eigenvalue weighted by Gasteiger charge is -2.14. The van der Waals surface area contributed by atoms with Crippen LogP contribution in [-0.4, -0.2) is 12.5 Å². The van der Waals surface area contributed by atoms with E-state index in [0.29, 0.717) is 0 Å². The molecule has 21 heavy (non-hydrogen) atoms. The highest BCUT2D eigenvalue weighted by Crippen LogP contribution is 2.13. The minimum Gasteiger partial charge on any atom is -0.325 e. The Bertz CT molecular complexity index is 628. The lowest BCUT2D eigenvalue weighted by atomic mass is 10.1. The molecule has 0 unspecified atom stereocenters. The van der Waals surface area contributed by atoms with Gasteiger partial charge in [-0.2, -0.15) is 0 Å². The fourth-order valence-electron chi connectivity index (χ4n) is 2.07. The van der Waals surface area contributed by atoms with Crippen LogP contribution in [0.2, 0.25) is 0 Å². The van der Waals surface area contributed by atoms with Crippen molar-refractivity contribution < 1.29 is 9.18 Å². The Morgan fingerprint density at radius 2 is 1.95 bits per heavy atom. The van der Waals surface area contributed by atoms with Crippen molar-refractivity contribution in [2.24, 2.45) is 0 Å². The third-order valence-corrected chi connectivity index (χ3v) is 3.22. The summed E-state index contributed by atoms with van der Waals surface area (Å²) in [6.45, 7) is 4.04. The fourth-order valence-corrected chi connectivity index (χ4v) is 2.07. The van der Waals surface area contributed by atoms with Gasteiger partial charge in [-0.25, -0.2) is 4.39 Å². The Hall–Kier alpha value is -2.20. The van der Waals surface area contributed by atoms with Crippen LogP contribution in [0.3, 0.4) is 0 Å². The van der Waals surface area contributed by atoms with Gasteiger partial charge < -0.3 is 10.6 Å². The van der Waals surface area contributed by atoms with Crippen molar-refractivity contribution in [2.75, 3.05) is 11.9 Å². The van der Waals surface area contributed by atoms with Gasteiger partial charge in [0.15, 0.2) is 0 Å². The molecule has 0 saturated carbocycles. The average Bonchev–Trinajstić information content (AvgIpc) is 2.45. The first-order valence-corrected chi connectivity index (χ1v) is 6.90. The molecule has 1 amide bonds. The van der Waals surface area contributed by atoms with E-state index >= 15 is 0 Å². The zero-order chi connectivity index (χ0) is 15.2. The maximum atomic E-state index is 13.1. The van der Waals surface area contributed by atoms with E-state index in [0.717, 1.165) is 16.8 Å². The molecule has 2 aromatic carbocycles. The summed E-state index contributed by atoms with van der Waals surface area (Å²) < 4.78 is 13.1. The first kappa shape index (κ1) is 15.2. The number of amides is 1. The first-order chi connectivity index (χ1) is 10.0. The normalized spacial score (nSPS) is 12.0. The number of benzene rings is 2. The summed E-state index contributed by atoms with van der Waals surface area (Å²) in [5.41, 5.74) is 2.69. The molecule has 2 rings (SSSR count). The van der Waals surface area contributed by atoms with Crippen molar-refractivity contribution in [2.45, 2.75) is 19.9 Å². The summed E-state index contributed by atoms with van der Waals surface area (Å²) in [7, 11) is 0. The molecule has 0 radical (unpaired) electrons. The zero-order valence-corrected chi connectivity index (χ0v) is 12.2. The van der Waals surface area contributed by atoms with Crippen LogP contribution >= 0.6 is 0 Å². The van der Waals surface area contributed by atoms with Gasteiger partial charge in [0.25, 0.3) is 0 Å². The number of carbonyl (C=O) groups excluding carboxylic acids is 1. The molecule has 0 aliphatic heterocycles. The third kappa shape index (κ3) is 4.68. The molecule has 0 spiro atoms. The molecule has 0 aliphatic rings. The van der Waals surface area contributed by atoms with Crippen molar-refractivity contribution in [1.29, 1.82) is 0 Å². The number of hydrogen-bond acceptors (Lipinski definition) is 2. The Kier molecular flexibility index (Phi) is 5.06. The van der Waals surface area contributed by atoms with E-state index in [1.165, 1.54) is 12.1 Å². The standard InChI is InChI=1S/C17H19FN2O/c1-12-5-3-8-16(9-12)20-17(21)11-19-13(2)14-6-4-7-15(18)10-14/h3-10,13,19H,11H2,1-2H3,(H,20,21)/t13-/m1/s1. The summed E-state index contributed by atoms with van der Waals surface area (Å²) in [6, 6.07) is 13.9. The molecule has 110 valence electrons. The lowest BCUT2D eigenvalue weighted by Crippen LogP contribution is -2.30.